The second kappa shape index (κ2) is 5.80. The van der Waals surface area contributed by atoms with Crippen molar-refractivity contribution in [3.8, 4) is 0 Å². The lowest BCUT2D eigenvalue weighted by Crippen LogP contribution is -2.22. The third-order valence-corrected chi connectivity index (χ3v) is 3.43. The van der Waals surface area contributed by atoms with Gasteiger partial charge in [-0.1, -0.05) is 43.3 Å². The van der Waals surface area contributed by atoms with Crippen LogP contribution in [-0.2, 0) is 0 Å². The molecule has 100 valence electrons. The topological polar surface area (TPSA) is 37.8 Å². The van der Waals surface area contributed by atoms with Crippen molar-refractivity contribution in [1.29, 1.82) is 0 Å². The summed E-state index contributed by atoms with van der Waals surface area (Å²) in [5, 5.41) is 6.01. The van der Waals surface area contributed by atoms with E-state index in [4.69, 9.17) is 0 Å². The van der Waals surface area contributed by atoms with Crippen LogP contribution in [0.3, 0.4) is 0 Å². The smallest absolute Gasteiger partial charge is 0.115 e. The lowest BCUT2D eigenvalue weighted by molar-refractivity contribution is 0.626. The maximum atomic E-state index is 4.12. The average Bonchev–Trinajstić information content (AvgIpc) is 2.53. The predicted molar refractivity (Wildman–Crippen MR) is 81.5 cm³/mol. The van der Waals surface area contributed by atoms with E-state index in [0.717, 1.165) is 12.1 Å². The lowest BCUT2D eigenvalue weighted by Gasteiger charge is -2.18. The number of nitrogens with zero attached hydrogens (tertiary/aromatic N) is 2. The van der Waals surface area contributed by atoms with Crippen molar-refractivity contribution in [3.63, 3.8) is 0 Å². The Morgan fingerprint density at radius 3 is 2.45 bits per heavy atom. The van der Waals surface area contributed by atoms with Crippen molar-refractivity contribution in [3.05, 3.63) is 72.3 Å². The Morgan fingerprint density at radius 2 is 1.70 bits per heavy atom. The van der Waals surface area contributed by atoms with Gasteiger partial charge in [0.15, 0.2) is 0 Å². The molecule has 0 fully saturated rings. The van der Waals surface area contributed by atoms with Gasteiger partial charge in [0.25, 0.3) is 0 Å². The maximum Gasteiger partial charge on any atom is 0.115 e. The molecule has 1 heterocycles. The minimum atomic E-state index is 0.130. The molecule has 20 heavy (non-hydrogen) atoms. The molecule has 2 aromatic carbocycles. The Bertz CT molecular complexity index is 695. The van der Waals surface area contributed by atoms with Crippen LogP contribution in [-0.4, -0.2) is 16.5 Å². The fraction of sp³-hybridized carbons (Fsp3) is 0.176. The summed E-state index contributed by atoms with van der Waals surface area (Å²) in [7, 11) is 0. The number of rotatable bonds is 4. The van der Waals surface area contributed by atoms with E-state index in [1.165, 1.54) is 16.3 Å². The third-order valence-electron chi connectivity index (χ3n) is 3.43. The van der Waals surface area contributed by atoms with Gasteiger partial charge in [0.1, 0.15) is 6.33 Å². The summed E-state index contributed by atoms with van der Waals surface area (Å²) < 4.78 is 0. The minimum Gasteiger partial charge on any atom is -0.306 e. The van der Waals surface area contributed by atoms with Gasteiger partial charge in [-0.2, -0.15) is 0 Å². The van der Waals surface area contributed by atoms with Crippen LogP contribution in [0, 0.1) is 0 Å². The van der Waals surface area contributed by atoms with Gasteiger partial charge in [-0.25, -0.2) is 9.97 Å². The van der Waals surface area contributed by atoms with E-state index in [9.17, 15) is 0 Å². The normalized spacial score (nSPS) is 12.4. The highest BCUT2D eigenvalue weighted by molar-refractivity contribution is 5.83. The fourth-order valence-electron chi connectivity index (χ4n) is 2.48. The Labute approximate surface area is 118 Å². The third kappa shape index (κ3) is 2.53. The largest absolute Gasteiger partial charge is 0.306 e. The van der Waals surface area contributed by atoms with Crippen LogP contribution < -0.4 is 5.32 Å². The first-order valence-electron chi connectivity index (χ1n) is 6.85. The Balaban J connectivity index is 2.05. The van der Waals surface area contributed by atoms with Gasteiger partial charge in [-0.15, -0.1) is 0 Å². The summed E-state index contributed by atoms with van der Waals surface area (Å²) in [6.45, 7) is 3.00. The first kappa shape index (κ1) is 12.8. The van der Waals surface area contributed by atoms with E-state index in [-0.39, 0.29) is 6.04 Å². The van der Waals surface area contributed by atoms with Crippen molar-refractivity contribution >= 4 is 10.8 Å². The molecular weight excluding hydrogens is 246 g/mol. The highest BCUT2D eigenvalue weighted by Crippen LogP contribution is 2.24. The number of hydrogen-bond acceptors (Lipinski definition) is 3. The van der Waals surface area contributed by atoms with Gasteiger partial charge in [-0.3, -0.25) is 0 Å². The number of nitrogens with one attached hydrogen (secondary N) is 1. The van der Waals surface area contributed by atoms with Crippen molar-refractivity contribution < 1.29 is 0 Å². The van der Waals surface area contributed by atoms with E-state index in [2.05, 4.69) is 64.7 Å². The van der Waals surface area contributed by atoms with Gasteiger partial charge in [0, 0.05) is 18.0 Å². The molecule has 0 saturated carbocycles. The van der Waals surface area contributed by atoms with Gasteiger partial charge in [0.2, 0.25) is 0 Å². The van der Waals surface area contributed by atoms with Gasteiger partial charge in [0.05, 0.1) is 6.04 Å². The van der Waals surface area contributed by atoms with E-state index < -0.39 is 0 Å². The van der Waals surface area contributed by atoms with Crippen molar-refractivity contribution in [2.45, 2.75) is 13.0 Å². The van der Waals surface area contributed by atoms with Crippen LogP contribution in [0.15, 0.2) is 61.2 Å². The predicted octanol–water partition coefficient (Wildman–Crippen LogP) is 3.33. The molecule has 0 saturated heterocycles. The first-order chi connectivity index (χ1) is 9.88. The quantitative estimate of drug-likeness (QED) is 0.784. The summed E-state index contributed by atoms with van der Waals surface area (Å²) in [4.78, 5) is 8.25. The second-order valence-corrected chi connectivity index (χ2v) is 4.77. The molecule has 0 radical (unpaired) electrons. The molecule has 0 bridgehead atoms. The Hall–Kier alpha value is -2.26. The molecule has 0 spiro atoms. The summed E-state index contributed by atoms with van der Waals surface area (Å²) in [5.74, 6) is 0. The zero-order valence-electron chi connectivity index (χ0n) is 11.5. The molecule has 0 amide bonds. The van der Waals surface area contributed by atoms with Crippen molar-refractivity contribution in [2.24, 2.45) is 0 Å². The van der Waals surface area contributed by atoms with Crippen LogP contribution >= 0.6 is 0 Å². The highest BCUT2D eigenvalue weighted by atomic mass is 14.9. The molecule has 1 N–H and O–H groups in total. The number of aromatic nitrogens is 2. The Kier molecular flexibility index (Phi) is 3.70. The number of hydrogen-bond donors (Lipinski definition) is 1. The van der Waals surface area contributed by atoms with Crippen LogP contribution in [0.2, 0.25) is 0 Å². The summed E-state index contributed by atoms with van der Waals surface area (Å²) in [6, 6.07) is 15.1. The molecule has 3 nitrogen and oxygen atoms in total. The van der Waals surface area contributed by atoms with Crippen molar-refractivity contribution in [1.82, 2.24) is 15.3 Å². The molecule has 1 unspecified atom stereocenters. The van der Waals surface area contributed by atoms with E-state index >= 15 is 0 Å². The van der Waals surface area contributed by atoms with E-state index in [1.807, 2.05) is 12.4 Å². The van der Waals surface area contributed by atoms with Crippen LogP contribution in [0.4, 0.5) is 0 Å². The molecule has 3 aromatic rings. The zero-order valence-corrected chi connectivity index (χ0v) is 11.5. The molecule has 0 aliphatic heterocycles. The standard InChI is InChI=1S/C17H17N3/c1-2-20-17(16-10-18-12-19-11-16)15-8-7-13-5-3-4-6-14(13)9-15/h3-12,17,20H,2H2,1H3. The molecular formula is C17H17N3. The number of benzene rings is 2. The van der Waals surface area contributed by atoms with Gasteiger partial charge in [-0.05, 0) is 28.9 Å². The molecule has 0 aliphatic carbocycles. The summed E-state index contributed by atoms with van der Waals surface area (Å²) >= 11 is 0. The summed E-state index contributed by atoms with van der Waals surface area (Å²) in [6.07, 6.45) is 5.30. The maximum absolute atomic E-state index is 4.12. The number of fused-ring (bicyclic) bond motifs is 1. The molecule has 0 aliphatic rings. The van der Waals surface area contributed by atoms with Crippen molar-refractivity contribution in [2.75, 3.05) is 6.54 Å². The van der Waals surface area contributed by atoms with Gasteiger partial charge >= 0.3 is 0 Å². The highest BCUT2D eigenvalue weighted by Gasteiger charge is 2.13. The zero-order chi connectivity index (χ0) is 13.8. The lowest BCUT2D eigenvalue weighted by atomic mass is 9.98. The van der Waals surface area contributed by atoms with Gasteiger partial charge < -0.3 is 5.32 Å². The SMILES string of the molecule is CCNC(c1cncnc1)c1ccc2ccccc2c1. The van der Waals surface area contributed by atoms with Crippen LogP contribution in [0.25, 0.3) is 10.8 Å². The minimum absolute atomic E-state index is 0.130. The second-order valence-electron chi connectivity index (χ2n) is 4.77. The molecule has 1 atom stereocenters. The Morgan fingerprint density at radius 1 is 0.950 bits per heavy atom. The summed E-state index contributed by atoms with van der Waals surface area (Å²) in [5.41, 5.74) is 2.32. The van der Waals surface area contributed by atoms with E-state index in [1.54, 1.807) is 6.33 Å². The first-order valence-corrected chi connectivity index (χ1v) is 6.85. The van der Waals surface area contributed by atoms with Crippen LogP contribution in [0.5, 0.6) is 0 Å². The molecule has 3 rings (SSSR count). The average molecular weight is 263 g/mol. The monoisotopic (exact) mass is 263 g/mol. The fourth-order valence-corrected chi connectivity index (χ4v) is 2.48. The molecule has 3 heteroatoms. The van der Waals surface area contributed by atoms with Crippen LogP contribution in [0.1, 0.15) is 24.1 Å². The van der Waals surface area contributed by atoms with E-state index in [0.29, 0.717) is 0 Å². The molecule has 1 aromatic heterocycles.